The molecule has 2 aliphatic heterocycles. The molecule has 6 unspecified atom stereocenters. The van der Waals surface area contributed by atoms with Crippen molar-refractivity contribution in [1.29, 1.82) is 0 Å². The highest BCUT2D eigenvalue weighted by atomic mass is 16.6. The molecule has 98 valence electrons. The van der Waals surface area contributed by atoms with E-state index < -0.39 is 0 Å². The first-order chi connectivity index (χ1) is 8.48. The molecule has 3 nitrogen and oxygen atoms in total. The van der Waals surface area contributed by atoms with Crippen LogP contribution < -0.4 is 0 Å². The van der Waals surface area contributed by atoms with E-state index >= 15 is 0 Å². The fraction of sp³-hybridized carbons (Fsp3) is 0.800. The van der Waals surface area contributed by atoms with Gasteiger partial charge in [0.2, 0.25) is 0 Å². The standard InChI is InChI=1S/C15H20O3/c1-8-4-5-12-15(18-12)7-11-10(6-14(8,15)3)9(2)13(16)17-11/h8,10-12H,2,4-7H2,1,3H3. The van der Waals surface area contributed by atoms with Gasteiger partial charge in [-0.25, -0.2) is 4.79 Å². The van der Waals surface area contributed by atoms with Gasteiger partial charge in [0.15, 0.2) is 0 Å². The molecule has 0 bridgehead atoms. The Morgan fingerprint density at radius 2 is 2.11 bits per heavy atom. The van der Waals surface area contributed by atoms with E-state index in [1.165, 1.54) is 12.8 Å². The molecule has 0 amide bonds. The van der Waals surface area contributed by atoms with Crippen molar-refractivity contribution in [3.05, 3.63) is 12.2 Å². The van der Waals surface area contributed by atoms with Crippen molar-refractivity contribution in [2.24, 2.45) is 17.3 Å². The average molecular weight is 248 g/mol. The van der Waals surface area contributed by atoms with Crippen molar-refractivity contribution in [3.63, 3.8) is 0 Å². The van der Waals surface area contributed by atoms with Gasteiger partial charge in [-0.05, 0) is 25.2 Å². The molecule has 6 atom stereocenters. The Balaban J connectivity index is 1.74. The van der Waals surface area contributed by atoms with Crippen LogP contribution in [0, 0.1) is 17.3 Å². The highest BCUT2D eigenvalue weighted by Gasteiger charge is 2.74. The molecule has 3 heteroatoms. The second-order valence-electron chi connectivity index (χ2n) is 6.88. The number of carbonyl (C=O) groups excluding carboxylic acids is 1. The summed E-state index contributed by atoms with van der Waals surface area (Å²) in [6.07, 6.45) is 4.72. The van der Waals surface area contributed by atoms with Gasteiger partial charge in [0, 0.05) is 23.3 Å². The van der Waals surface area contributed by atoms with Gasteiger partial charge in [0.05, 0.1) is 6.10 Å². The molecule has 0 aromatic rings. The molecule has 4 rings (SSSR count). The van der Waals surface area contributed by atoms with Crippen molar-refractivity contribution in [2.75, 3.05) is 0 Å². The normalized spacial score (nSPS) is 57.4. The van der Waals surface area contributed by atoms with Crippen molar-refractivity contribution < 1.29 is 14.3 Å². The highest BCUT2D eigenvalue weighted by molar-refractivity contribution is 5.90. The third-order valence-electron chi connectivity index (χ3n) is 6.30. The maximum atomic E-state index is 11.7. The summed E-state index contributed by atoms with van der Waals surface area (Å²) in [5, 5.41) is 0. The van der Waals surface area contributed by atoms with Crippen LogP contribution in [0.15, 0.2) is 12.2 Å². The minimum atomic E-state index is -0.187. The molecule has 0 radical (unpaired) electrons. The number of esters is 1. The van der Waals surface area contributed by atoms with Crippen LogP contribution in [0.5, 0.6) is 0 Å². The molecule has 2 heterocycles. The first-order valence-electron chi connectivity index (χ1n) is 7.05. The van der Waals surface area contributed by atoms with Crippen LogP contribution in [0.25, 0.3) is 0 Å². The Labute approximate surface area is 108 Å². The molecule has 1 spiro atoms. The SMILES string of the molecule is C=C1C(=O)OC2CC34OC3CCC(C)C4(C)CC12. The van der Waals surface area contributed by atoms with Crippen LogP contribution in [-0.2, 0) is 14.3 Å². The minimum Gasteiger partial charge on any atom is -0.458 e. The van der Waals surface area contributed by atoms with E-state index in [0.29, 0.717) is 17.6 Å². The maximum Gasteiger partial charge on any atom is 0.334 e. The molecule has 0 aromatic carbocycles. The second kappa shape index (κ2) is 3.01. The third-order valence-corrected chi connectivity index (χ3v) is 6.30. The third kappa shape index (κ3) is 1.04. The lowest BCUT2D eigenvalue weighted by molar-refractivity contribution is -0.143. The van der Waals surface area contributed by atoms with E-state index in [-0.39, 0.29) is 29.0 Å². The van der Waals surface area contributed by atoms with Crippen molar-refractivity contribution in [2.45, 2.75) is 57.3 Å². The van der Waals surface area contributed by atoms with Gasteiger partial charge in [-0.2, -0.15) is 0 Å². The average Bonchev–Trinajstić information content (AvgIpc) is 2.98. The summed E-state index contributed by atoms with van der Waals surface area (Å²) < 4.78 is 11.6. The number of rotatable bonds is 0. The van der Waals surface area contributed by atoms with Crippen LogP contribution in [0.2, 0.25) is 0 Å². The molecule has 18 heavy (non-hydrogen) atoms. The first kappa shape index (κ1) is 11.0. The first-order valence-corrected chi connectivity index (χ1v) is 7.05. The lowest BCUT2D eigenvalue weighted by Crippen LogP contribution is -2.53. The Morgan fingerprint density at radius 1 is 1.33 bits per heavy atom. The lowest BCUT2D eigenvalue weighted by Gasteiger charge is -2.50. The Bertz CT molecular complexity index is 457. The molecule has 2 saturated carbocycles. The second-order valence-corrected chi connectivity index (χ2v) is 6.88. The topological polar surface area (TPSA) is 38.8 Å². The van der Waals surface area contributed by atoms with Crippen molar-refractivity contribution in [3.8, 4) is 0 Å². The monoisotopic (exact) mass is 248 g/mol. The number of fused-ring (bicyclic) bond motifs is 1. The van der Waals surface area contributed by atoms with Crippen molar-refractivity contribution >= 4 is 5.97 Å². The predicted octanol–water partition coefficient (Wildman–Crippen LogP) is 2.45. The van der Waals surface area contributed by atoms with Gasteiger partial charge >= 0.3 is 5.97 Å². The molecule has 0 N–H and O–H groups in total. The van der Waals surface area contributed by atoms with Gasteiger partial charge in [-0.1, -0.05) is 20.4 Å². The van der Waals surface area contributed by atoms with Gasteiger partial charge in [-0.15, -0.1) is 0 Å². The van der Waals surface area contributed by atoms with Crippen LogP contribution in [0.4, 0.5) is 0 Å². The van der Waals surface area contributed by atoms with Gasteiger partial charge in [0.1, 0.15) is 11.7 Å². The lowest BCUT2D eigenvalue weighted by atomic mass is 9.52. The minimum absolute atomic E-state index is 0.00324. The zero-order valence-corrected chi connectivity index (χ0v) is 11.1. The fourth-order valence-electron chi connectivity index (χ4n) is 4.80. The highest BCUT2D eigenvalue weighted by Crippen LogP contribution is 2.68. The van der Waals surface area contributed by atoms with Gasteiger partial charge in [-0.3, -0.25) is 0 Å². The number of hydrogen-bond acceptors (Lipinski definition) is 3. The number of carbonyl (C=O) groups is 1. The molecule has 4 aliphatic rings. The van der Waals surface area contributed by atoms with Gasteiger partial charge in [0.25, 0.3) is 0 Å². The van der Waals surface area contributed by atoms with E-state index in [1.807, 2.05) is 0 Å². The van der Waals surface area contributed by atoms with E-state index in [0.717, 1.165) is 12.8 Å². The summed E-state index contributed by atoms with van der Waals surface area (Å²) in [6, 6.07) is 0. The quantitative estimate of drug-likeness (QED) is 0.375. The summed E-state index contributed by atoms with van der Waals surface area (Å²) in [5.74, 6) is 0.688. The van der Waals surface area contributed by atoms with Crippen LogP contribution in [0.3, 0.4) is 0 Å². The Morgan fingerprint density at radius 3 is 2.89 bits per heavy atom. The maximum absolute atomic E-state index is 11.7. The zero-order valence-electron chi connectivity index (χ0n) is 11.1. The number of epoxide rings is 1. The predicted molar refractivity (Wildman–Crippen MR) is 65.9 cm³/mol. The van der Waals surface area contributed by atoms with Crippen LogP contribution >= 0.6 is 0 Å². The fourth-order valence-corrected chi connectivity index (χ4v) is 4.80. The number of ether oxygens (including phenoxy) is 2. The Hall–Kier alpha value is -0.830. The van der Waals surface area contributed by atoms with Crippen LogP contribution in [-0.4, -0.2) is 23.8 Å². The van der Waals surface area contributed by atoms with E-state index in [2.05, 4.69) is 20.4 Å². The number of hydrogen-bond donors (Lipinski definition) is 0. The van der Waals surface area contributed by atoms with Crippen molar-refractivity contribution in [1.82, 2.24) is 0 Å². The van der Waals surface area contributed by atoms with Gasteiger partial charge < -0.3 is 9.47 Å². The summed E-state index contributed by atoms with van der Waals surface area (Å²) in [7, 11) is 0. The molecular weight excluding hydrogens is 228 g/mol. The molecule has 4 fully saturated rings. The molecule has 2 saturated heterocycles. The largest absolute Gasteiger partial charge is 0.458 e. The zero-order chi connectivity index (χ0) is 12.7. The Kier molecular flexibility index (Phi) is 1.84. The molecule has 0 aromatic heterocycles. The molecular formula is C15H20O3. The summed E-state index contributed by atoms with van der Waals surface area (Å²) >= 11 is 0. The van der Waals surface area contributed by atoms with E-state index in [1.54, 1.807) is 0 Å². The summed E-state index contributed by atoms with van der Waals surface area (Å²) in [5.41, 5.74) is 0.871. The molecule has 2 aliphatic carbocycles. The van der Waals surface area contributed by atoms with E-state index in [9.17, 15) is 4.79 Å². The van der Waals surface area contributed by atoms with Crippen LogP contribution in [0.1, 0.15) is 39.5 Å². The summed E-state index contributed by atoms with van der Waals surface area (Å²) in [4.78, 5) is 11.7. The van der Waals surface area contributed by atoms with E-state index in [4.69, 9.17) is 9.47 Å². The summed E-state index contributed by atoms with van der Waals surface area (Å²) in [6.45, 7) is 8.62. The smallest absolute Gasteiger partial charge is 0.334 e.